The second-order valence-electron chi connectivity index (χ2n) is 5.92. The minimum Gasteiger partial charge on any atom is -0.348 e. The van der Waals surface area contributed by atoms with Crippen molar-refractivity contribution >= 4 is 5.91 Å². The minimum absolute atomic E-state index is 0.00455. The average Bonchev–Trinajstić information content (AvgIpc) is 3.00. The monoisotopic (exact) mass is 259 g/mol. The molecule has 102 valence electrons. The van der Waals surface area contributed by atoms with Gasteiger partial charge >= 0.3 is 0 Å². The first-order chi connectivity index (χ1) is 9.16. The summed E-state index contributed by atoms with van der Waals surface area (Å²) in [7, 11) is 0. The van der Waals surface area contributed by atoms with Crippen LogP contribution < -0.4 is 11.1 Å². The Morgan fingerprint density at radius 1 is 1.42 bits per heavy atom. The third-order valence-corrected chi connectivity index (χ3v) is 4.77. The van der Waals surface area contributed by atoms with Crippen LogP contribution in [0.25, 0.3) is 0 Å². The molecule has 19 heavy (non-hydrogen) atoms. The van der Waals surface area contributed by atoms with Crippen LogP contribution in [0.4, 0.5) is 0 Å². The quantitative estimate of drug-likeness (QED) is 0.867. The molecule has 2 fully saturated rings. The van der Waals surface area contributed by atoms with Gasteiger partial charge in [0.15, 0.2) is 0 Å². The lowest BCUT2D eigenvalue weighted by Gasteiger charge is -2.28. The number of rotatable bonds is 3. The Kier molecular flexibility index (Phi) is 3.27. The summed E-state index contributed by atoms with van der Waals surface area (Å²) in [4.78, 5) is 16.7. The number of carbonyl (C=O) groups excluding carboxylic acids is 1. The van der Waals surface area contributed by atoms with E-state index < -0.39 is 0 Å². The summed E-state index contributed by atoms with van der Waals surface area (Å²) >= 11 is 0. The van der Waals surface area contributed by atoms with E-state index in [1.54, 1.807) is 6.20 Å². The van der Waals surface area contributed by atoms with Crippen LogP contribution in [-0.4, -0.2) is 16.9 Å². The number of nitrogens with two attached hydrogens (primary N) is 1. The Bertz CT molecular complexity index is 460. The Morgan fingerprint density at radius 2 is 2.21 bits per heavy atom. The normalized spacial score (nSPS) is 34.2. The summed E-state index contributed by atoms with van der Waals surface area (Å²) in [5.41, 5.74) is 7.10. The summed E-state index contributed by atoms with van der Waals surface area (Å²) in [6.07, 6.45) is 5.25. The highest BCUT2D eigenvalue weighted by atomic mass is 16.2. The first-order valence-electron chi connectivity index (χ1n) is 7.13. The van der Waals surface area contributed by atoms with Crippen molar-refractivity contribution in [3.63, 3.8) is 0 Å². The van der Waals surface area contributed by atoms with Crippen LogP contribution in [0.15, 0.2) is 24.4 Å². The van der Waals surface area contributed by atoms with Gasteiger partial charge in [-0.25, -0.2) is 0 Å². The zero-order valence-corrected chi connectivity index (χ0v) is 11.3. The average molecular weight is 259 g/mol. The molecular formula is C15H21N3O. The molecule has 4 heteroatoms. The van der Waals surface area contributed by atoms with Gasteiger partial charge < -0.3 is 11.1 Å². The van der Waals surface area contributed by atoms with Crippen molar-refractivity contribution in [3.05, 3.63) is 30.1 Å². The Labute approximate surface area is 113 Å². The number of fused-ring (bicyclic) bond motifs is 2. The van der Waals surface area contributed by atoms with E-state index in [0.29, 0.717) is 11.8 Å². The largest absolute Gasteiger partial charge is 0.348 e. The lowest BCUT2D eigenvalue weighted by molar-refractivity contribution is -0.127. The van der Waals surface area contributed by atoms with Gasteiger partial charge in [-0.2, -0.15) is 0 Å². The van der Waals surface area contributed by atoms with Crippen LogP contribution in [0.1, 0.15) is 37.9 Å². The summed E-state index contributed by atoms with van der Waals surface area (Å²) in [5.74, 6) is 1.17. The number of hydrogen-bond donors (Lipinski definition) is 2. The molecule has 1 aromatic heterocycles. The van der Waals surface area contributed by atoms with Gasteiger partial charge in [0.05, 0.1) is 17.7 Å². The summed E-state index contributed by atoms with van der Waals surface area (Å²) in [6, 6.07) is 5.75. The van der Waals surface area contributed by atoms with Crippen LogP contribution in [0, 0.1) is 17.8 Å². The number of nitrogens with one attached hydrogen (secondary N) is 1. The molecule has 5 atom stereocenters. The number of hydrogen-bond acceptors (Lipinski definition) is 3. The van der Waals surface area contributed by atoms with Gasteiger partial charge in [-0.1, -0.05) is 6.07 Å². The molecule has 0 radical (unpaired) electrons. The molecule has 1 amide bonds. The fourth-order valence-electron chi connectivity index (χ4n) is 3.74. The maximum atomic E-state index is 12.4. The maximum Gasteiger partial charge on any atom is 0.225 e. The molecule has 2 saturated carbocycles. The van der Waals surface area contributed by atoms with Crippen molar-refractivity contribution in [1.29, 1.82) is 0 Å². The van der Waals surface area contributed by atoms with Crippen molar-refractivity contribution in [2.45, 2.75) is 38.3 Å². The first-order valence-corrected chi connectivity index (χ1v) is 7.13. The summed E-state index contributed by atoms with van der Waals surface area (Å²) in [6.45, 7) is 1.97. The maximum absolute atomic E-state index is 12.4. The van der Waals surface area contributed by atoms with E-state index in [1.165, 1.54) is 6.42 Å². The molecule has 0 spiro atoms. The van der Waals surface area contributed by atoms with Crippen molar-refractivity contribution < 1.29 is 4.79 Å². The third kappa shape index (κ3) is 2.25. The Balaban J connectivity index is 1.66. The molecule has 2 aliphatic carbocycles. The van der Waals surface area contributed by atoms with Gasteiger partial charge in [-0.05, 0) is 50.2 Å². The van der Waals surface area contributed by atoms with E-state index in [1.807, 2.05) is 25.1 Å². The molecule has 3 N–H and O–H groups in total. The number of carbonyl (C=O) groups is 1. The van der Waals surface area contributed by atoms with E-state index >= 15 is 0 Å². The molecule has 2 aliphatic rings. The first kappa shape index (κ1) is 12.6. The standard InChI is InChI=1S/C15H21N3O/c1-9(12-4-2-3-7-17-12)18-15(19)13-10-5-6-11(8-10)14(13)16/h2-4,7,9-11,13-14H,5-6,8,16H2,1H3,(H,18,19)/t9-,10?,11?,13?,14?/m0/s1. The number of aromatic nitrogens is 1. The molecule has 4 nitrogen and oxygen atoms in total. The van der Waals surface area contributed by atoms with E-state index in [9.17, 15) is 4.79 Å². The van der Waals surface area contributed by atoms with Crippen LogP contribution in [-0.2, 0) is 4.79 Å². The molecule has 4 unspecified atom stereocenters. The van der Waals surface area contributed by atoms with E-state index in [-0.39, 0.29) is 23.9 Å². The zero-order chi connectivity index (χ0) is 13.4. The van der Waals surface area contributed by atoms with Gasteiger partial charge in [0.1, 0.15) is 0 Å². The fraction of sp³-hybridized carbons (Fsp3) is 0.600. The predicted octanol–water partition coefficient (Wildman–Crippen LogP) is 1.63. The van der Waals surface area contributed by atoms with Crippen molar-refractivity contribution in [2.75, 3.05) is 0 Å². The molecule has 0 aromatic carbocycles. The minimum atomic E-state index is -0.0555. The SMILES string of the molecule is C[C@H](NC(=O)C1C2CCC(C2)C1N)c1ccccn1. The molecule has 0 saturated heterocycles. The Hall–Kier alpha value is -1.42. The third-order valence-electron chi connectivity index (χ3n) is 4.77. The van der Waals surface area contributed by atoms with Gasteiger partial charge in [0.2, 0.25) is 5.91 Å². The summed E-state index contributed by atoms with van der Waals surface area (Å²) in [5, 5.41) is 3.07. The van der Waals surface area contributed by atoms with Crippen LogP contribution in [0.2, 0.25) is 0 Å². The molecule has 3 rings (SSSR count). The van der Waals surface area contributed by atoms with Gasteiger partial charge in [-0.15, -0.1) is 0 Å². The molecule has 0 aliphatic heterocycles. The second-order valence-corrected chi connectivity index (χ2v) is 5.92. The highest BCUT2D eigenvalue weighted by Gasteiger charge is 2.49. The highest BCUT2D eigenvalue weighted by Crippen LogP contribution is 2.47. The molecule has 1 heterocycles. The molecule has 2 bridgehead atoms. The number of nitrogens with zero attached hydrogens (tertiary/aromatic N) is 1. The lowest BCUT2D eigenvalue weighted by atomic mass is 9.84. The van der Waals surface area contributed by atoms with Gasteiger partial charge in [-0.3, -0.25) is 9.78 Å². The Morgan fingerprint density at radius 3 is 2.84 bits per heavy atom. The molecular weight excluding hydrogens is 238 g/mol. The van der Waals surface area contributed by atoms with E-state index in [2.05, 4.69) is 10.3 Å². The topological polar surface area (TPSA) is 68.0 Å². The number of amides is 1. The van der Waals surface area contributed by atoms with Gasteiger partial charge in [0, 0.05) is 12.2 Å². The second kappa shape index (κ2) is 4.93. The van der Waals surface area contributed by atoms with E-state index in [4.69, 9.17) is 5.73 Å². The summed E-state index contributed by atoms with van der Waals surface area (Å²) < 4.78 is 0. The van der Waals surface area contributed by atoms with Crippen molar-refractivity contribution in [2.24, 2.45) is 23.5 Å². The van der Waals surface area contributed by atoms with Crippen LogP contribution >= 0.6 is 0 Å². The van der Waals surface area contributed by atoms with Crippen molar-refractivity contribution in [3.8, 4) is 0 Å². The zero-order valence-electron chi connectivity index (χ0n) is 11.3. The smallest absolute Gasteiger partial charge is 0.225 e. The van der Waals surface area contributed by atoms with Crippen LogP contribution in [0.3, 0.4) is 0 Å². The molecule has 1 aromatic rings. The lowest BCUT2D eigenvalue weighted by Crippen LogP contribution is -2.45. The fourth-order valence-corrected chi connectivity index (χ4v) is 3.74. The van der Waals surface area contributed by atoms with E-state index in [0.717, 1.165) is 18.5 Å². The predicted molar refractivity (Wildman–Crippen MR) is 73.1 cm³/mol. The van der Waals surface area contributed by atoms with Gasteiger partial charge in [0.25, 0.3) is 0 Å². The highest BCUT2D eigenvalue weighted by molar-refractivity contribution is 5.80. The number of pyridine rings is 1. The van der Waals surface area contributed by atoms with Crippen LogP contribution in [0.5, 0.6) is 0 Å². The van der Waals surface area contributed by atoms with Crippen molar-refractivity contribution in [1.82, 2.24) is 10.3 Å².